The van der Waals surface area contributed by atoms with Crippen LogP contribution in [-0.4, -0.2) is 11.7 Å². The van der Waals surface area contributed by atoms with E-state index < -0.39 is 0 Å². The van der Waals surface area contributed by atoms with Crippen molar-refractivity contribution in [1.82, 2.24) is 4.57 Å². The Kier molecular flexibility index (Phi) is 3.92. The van der Waals surface area contributed by atoms with Crippen LogP contribution < -0.4 is 15.2 Å². The largest absolute Gasteiger partial charge is 0.493 e. The predicted octanol–water partition coefficient (Wildman–Crippen LogP) is 3.83. The molecule has 22 heavy (non-hydrogen) atoms. The maximum Gasteiger partial charge on any atom is 0.161 e. The minimum absolute atomic E-state index is 0.456. The predicted molar refractivity (Wildman–Crippen MR) is 89.4 cm³/mol. The van der Waals surface area contributed by atoms with Crippen LogP contribution in [0.15, 0.2) is 48.7 Å². The van der Waals surface area contributed by atoms with E-state index in [1.54, 1.807) is 7.11 Å². The van der Waals surface area contributed by atoms with Gasteiger partial charge in [-0.05, 0) is 31.2 Å². The minimum Gasteiger partial charge on any atom is -0.493 e. The summed E-state index contributed by atoms with van der Waals surface area (Å²) >= 11 is 0. The van der Waals surface area contributed by atoms with E-state index in [9.17, 15) is 0 Å². The van der Waals surface area contributed by atoms with Crippen LogP contribution in [0, 0.1) is 0 Å². The van der Waals surface area contributed by atoms with Gasteiger partial charge < -0.3 is 19.8 Å². The highest BCUT2D eigenvalue weighted by Gasteiger charge is 2.12. The molecule has 0 unspecified atom stereocenters. The number of aryl methyl sites for hydroxylation is 1. The van der Waals surface area contributed by atoms with Crippen molar-refractivity contribution in [2.24, 2.45) is 0 Å². The molecule has 0 saturated heterocycles. The fraction of sp³-hybridized carbons (Fsp3) is 0.222. The SMILES string of the molecule is CCn1cc(COc2ccccc2OC)c2c(N)cccc21. The molecule has 0 spiro atoms. The molecular weight excluding hydrogens is 276 g/mol. The van der Waals surface area contributed by atoms with Gasteiger partial charge in [0.25, 0.3) is 0 Å². The first-order valence-electron chi connectivity index (χ1n) is 7.36. The summed E-state index contributed by atoms with van der Waals surface area (Å²) in [6.45, 7) is 3.47. The molecule has 0 bridgehead atoms. The second-order valence-electron chi connectivity index (χ2n) is 5.12. The van der Waals surface area contributed by atoms with Crippen LogP contribution in [-0.2, 0) is 13.2 Å². The van der Waals surface area contributed by atoms with E-state index in [-0.39, 0.29) is 0 Å². The van der Waals surface area contributed by atoms with Gasteiger partial charge in [-0.25, -0.2) is 0 Å². The molecular formula is C18H20N2O2. The number of fused-ring (bicyclic) bond motifs is 1. The Balaban J connectivity index is 1.94. The quantitative estimate of drug-likeness (QED) is 0.728. The van der Waals surface area contributed by atoms with Crippen molar-refractivity contribution in [1.29, 1.82) is 0 Å². The van der Waals surface area contributed by atoms with Crippen LogP contribution in [0.25, 0.3) is 10.9 Å². The second-order valence-corrected chi connectivity index (χ2v) is 5.12. The van der Waals surface area contributed by atoms with Crippen LogP contribution in [0.1, 0.15) is 12.5 Å². The summed E-state index contributed by atoms with van der Waals surface area (Å²) in [5.74, 6) is 1.46. The molecule has 0 fully saturated rings. The summed E-state index contributed by atoms with van der Waals surface area (Å²) in [5.41, 5.74) is 9.16. The number of nitrogen functional groups attached to an aromatic ring is 1. The van der Waals surface area contributed by atoms with Crippen molar-refractivity contribution in [3.8, 4) is 11.5 Å². The summed E-state index contributed by atoms with van der Waals surface area (Å²) in [7, 11) is 1.64. The Morgan fingerprint density at radius 1 is 1.05 bits per heavy atom. The lowest BCUT2D eigenvalue weighted by Crippen LogP contribution is -1.98. The Morgan fingerprint density at radius 3 is 2.55 bits per heavy atom. The van der Waals surface area contributed by atoms with Gasteiger partial charge in [0.15, 0.2) is 11.5 Å². The van der Waals surface area contributed by atoms with Gasteiger partial charge in [-0.2, -0.15) is 0 Å². The molecule has 0 atom stereocenters. The zero-order chi connectivity index (χ0) is 15.5. The lowest BCUT2D eigenvalue weighted by atomic mass is 10.1. The number of para-hydroxylation sites is 2. The fourth-order valence-corrected chi connectivity index (χ4v) is 2.73. The summed E-state index contributed by atoms with van der Waals surface area (Å²) in [6.07, 6.45) is 2.11. The standard InChI is InChI=1S/C18H20N2O2/c1-3-20-11-13(18-14(19)7-6-8-15(18)20)12-22-17-10-5-4-9-16(17)21-2/h4-11H,3,12,19H2,1-2H3. The van der Waals surface area contributed by atoms with Crippen molar-refractivity contribution in [2.45, 2.75) is 20.1 Å². The maximum absolute atomic E-state index is 6.16. The first-order valence-corrected chi connectivity index (χ1v) is 7.36. The lowest BCUT2D eigenvalue weighted by molar-refractivity contribution is 0.285. The Morgan fingerprint density at radius 2 is 1.82 bits per heavy atom. The van der Waals surface area contributed by atoms with Crippen molar-refractivity contribution in [2.75, 3.05) is 12.8 Å². The maximum atomic E-state index is 6.16. The Labute approximate surface area is 130 Å². The van der Waals surface area contributed by atoms with Crippen LogP contribution in [0.4, 0.5) is 5.69 Å². The second kappa shape index (κ2) is 6.02. The van der Waals surface area contributed by atoms with Gasteiger partial charge in [-0.3, -0.25) is 0 Å². The van der Waals surface area contributed by atoms with Gasteiger partial charge in [0.1, 0.15) is 6.61 Å². The molecule has 3 aromatic rings. The number of rotatable bonds is 5. The van der Waals surface area contributed by atoms with Crippen LogP contribution in [0.2, 0.25) is 0 Å². The van der Waals surface area contributed by atoms with Gasteiger partial charge >= 0.3 is 0 Å². The molecule has 1 aromatic heterocycles. The highest BCUT2D eigenvalue weighted by Crippen LogP contribution is 2.30. The first-order chi connectivity index (χ1) is 10.7. The summed E-state index contributed by atoms with van der Waals surface area (Å²) in [4.78, 5) is 0. The number of methoxy groups -OCH3 is 1. The highest BCUT2D eigenvalue weighted by molar-refractivity contribution is 5.94. The van der Waals surface area contributed by atoms with E-state index in [1.807, 2.05) is 36.4 Å². The third-order valence-electron chi connectivity index (χ3n) is 3.81. The molecule has 2 N–H and O–H groups in total. The fourth-order valence-electron chi connectivity index (χ4n) is 2.73. The third-order valence-corrected chi connectivity index (χ3v) is 3.81. The van der Waals surface area contributed by atoms with E-state index in [0.29, 0.717) is 6.61 Å². The molecule has 0 saturated carbocycles. The Bertz CT molecular complexity index is 793. The van der Waals surface area contributed by atoms with Crippen molar-refractivity contribution in [3.63, 3.8) is 0 Å². The average molecular weight is 296 g/mol. The number of anilines is 1. The summed E-state index contributed by atoms with van der Waals surface area (Å²) < 4.78 is 13.4. The molecule has 0 aliphatic heterocycles. The monoisotopic (exact) mass is 296 g/mol. The zero-order valence-electron chi connectivity index (χ0n) is 12.9. The van der Waals surface area contributed by atoms with Gasteiger partial charge in [0.05, 0.1) is 12.6 Å². The van der Waals surface area contributed by atoms with Gasteiger partial charge in [-0.1, -0.05) is 18.2 Å². The summed E-state index contributed by atoms with van der Waals surface area (Å²) in [5, 5.41) is 1.07. The molecule has 3 rings (SSSR count). The van der Waals surface area contributed by atoms with Crippen molar-refractivity contribution < 1.29 is 9.47 Å². The number of nitrogens with two attached hydrogens (primary N) is 1. The van der Waals surface area contributed by atoms with Gasteiger partial charge in [-0.15, -0.1) is 0 Å². The average Bonchev–Trinajstić information content (AvgIpc) is 2.92. The van der Waals surface area contributed by atoms with Crippen molar-refractivity contribution >= 4 is 16.6 Å². The number of benzene rings is 2. The Hall–Kier alpha value is -2.62. The molecule has 114 valence electrons. The number of aromatic nitrogens is 1. The van der Waals surface area contributed by atoms with E-state index in [4.69, 9.17) is 15.2 Å². The topological polar surface area (TPSA) is 49.4 Å². The lowest BCUT2D eigenvalue weighted by Gasteiger charge is -2.10. The van der Waals surface area contributed by atoms with Crippen LogP contribution in [0.5, 0.6) is 11.5 Å². The third kappa shape index (κ3) is 2.48. The molecule has 2 aromatic carbocycles. The van der Waals surface area contributed by atoms with Gasteiger partial charge in [0, 0.05) is 29.4 Å². The smallest absolute Gasteiger partial charge is 0.161 e. The number of nitrogens with zero attached hydrogens (tertiary/aromatic N) is 1. The number of hydrogen-bond donors (Lipinski definition) is 1. The molecule has 4 nitrogen and oxygen atoms in total. The van der Waals surface area contributed by atoms with Gasteiger partial charge in [0.2, 0.25) is 0 Å². The van der Waals surface area contributed by atoms with E-state index in [2.05, 4.69) is 23.8 Å². The molecule has 0 amide bonds. The van der Waals surface area contributed by atoms with Crippen molar-refractivity contribution in [3.05, 3.63) is 54.2 Å². The normalized spacial score (nSPS) is 10.8. The molecule has 1 heterocycles. The molecule has 0 aliphatic carbocycles. The van der Waals surface area contributed by atoms with Crippen LogP contribution >= 0.6 is 0 Å². The van der Waals surface area contributed by atoms with E-state index >= 15 is 0 Å². The molecule has 0 radical (unpaired) electrons. The van der Waals surface area contributed by atoms with E-state index in [0.717, 1.165) is 40.2 Å². The number of ether oxygens (including phenoxy) is 2. The first kappa shape index (κ1) is 14.3. The molecule has 4 heteroatoms. The van der Waals surface area contributed by atoms with E-state index in [1.165, 1.54) is 0 Å². The number of hydrogen-bond acceptors (Lipinski definition) is 3. The van der Waals surface area contributed by atoms with Crippen LogP contribution in [0.3, 0.4) is 0 Å². The molecule has 0 aliphatic rings. The highest BCUT2D eigenvalue weighted by atomic mass is 16.5. The zero-order valence-corrected chi connectivity index (χ0v) is 12.9. The minimum atomic E-state index is 0.456. The summed E-state index contributed by atoms with van der Waals surface area (Å²) in [6, 6.07) is 13.6.